The number of nitrogens with zero attached hydrogens (tertiary/aromatic N) is 1. The summed E-state index contributed by atoms with van der Waals surface area (Å²) in [4.78, 5) is 26.0. The number of ketones is 1. The number of nitrogens with one attached hydrogen (secondary N) is 2. The van der Waals surface area contributed by atoms with Gasteiger partial charge in [0.25, 0.3) is 0 Å². The van der Waals surface area contributed by atoms with Gasteiger partial charge in [0, 0.05) is 17.8 Å². The Bertz CT molecular complexity index is 738. The smallest absolute Gasteiger partial charge is 0.319 e. The van der Waals surface area contributed by atoms with Crippen LogP contribution < -0.4 is 10.6 Å². The molecular formula is C21H25N3O2. The third-order valence-corrected chi connectivity index (χ3v) is 4.77. The van der Waals surface area contributed by atoms with Crippen molar-refractivity contribution in [3.8, 4) is 0 Å². The molecule has 1 unspecified atom stereocenters. The molecule has 136 valence electrons. The van der Waals surface area contributed by atoms with E-state index in [2.05, 4.69) is 27.7 Å². The summed E-state index contributed by atoms with van der Waals surface area (Å²) in [5.41, 5.74) is 2.53. The third-order valence-electron chi connectivity index (χ3n) is 4.77. The van der Waals surface area contributed by atoms with Gasteiger partial charge in [-0.15, -0.1) is 0 Å². The lowest BCUT2D eigenvalue weighted by molar-refractivity contribution is 0.101. The van der Waals surface area contributed by atoms with E-state index >= 15 is 0 Å². The number of carbonyl (C=O) groups excluding carboxylic acids is 2. The molecule has 1 fully saturated rings. The molecule has 5 heteroatoms. The molecule has 5 nitrogen and oxygen atoms in total. The summed E-state index contributed by atoms with van der Waals surface area (Å²) >= 11 is 0. The number of amides is 2. The second kappa shape index (κ2) is 8.63. The van der Waals surface area contributed by atoms with Gasteiger partial charge in [-0.25, -0.2) is 4.79 Å². The minimum atomic E-state index is -0.235. The molecule has 0 aromatic heterocycles. The van der Waals surface area contributed by atoms with Gasteiger partial charge in [0.2, 0.25) is 0 Å². The molecule has 1 aliphatic heterocycles. The number of benzene rings is 2. The third kappa shape index (κ3) is 4.70. The Morgan fingerprint density at radius 1 is 1.00 bits per heavy atom. The lowest BCUT2D eigenvalue weighted by Crippen LogP contribution is -2.38. The number of carbonyl (C=O) groups is 2. The molecule has 2 N–H and O–H groups in total. The zero-order chi connectivity index (χ0) is 18.4. The van der Waals surface area contributed by atoms with E-state index in [4.69, 9.17) is 0 Å². The van der Waals surface area contributed by atoms with Crippen LogP contribution in [0.2, 0.25) is 0 Å². The van der Waals surface area contributed by atoms with Crippen molar-refractivity contribution in [2.45, 2.75) is 25.8 Å². The quantitative estimate of drug-likeness (QED) is 0.777. The monoisotopic (exact) mass is 351 g/mol. The molecule has 26 heavy (non-hydrogen) atoms. The molecule has 0 saturated carbocycles. The van der Waals surface area contributed by atoms with Crippen LogP contribution in [-0.2, 0) is 0 Å². The second-order valence-electron chi connectivity index (χ2n) is 6.64. The number of rotatable bonds is 6. The summed E-state index contributed by atoms with van der Waals surface area (Å²) in [5.74, 6) is 0.0114. The topological polar surface area (TPSA) is 61.4 Å². The normalized spacial score (nSPS) is 15.4. The Morgan fingerprint density at radius 2 is 1.65 bits per heavy atom. The first-order valence-electron chi connectivity index (χ1n) is 9.08. The SMILES string of the molecule is CC(=O)c1ccc(NC(=O)NCC(c2ccccc2)N2CCCC2)cc1. The molecule has 1 saturated heterocycles. The van der Waals surface area contributed by atoms with Crippen molar-refractivity contribution < 1.29 is 9.59 Å². The molecule has 1 heterocycles. The Hall–Kier alpha value is -2.66. The summed E-state index contributed by atoms with van der Waals surface area (Å²) in [6, 6.07) is 17.2. The molecule has 0 spiro atoms. The van der Waals surface area contributed by atoms with Gasteiger partial charge in [0.15, 0.2) is 5.78 Å². The first-order valence-corrected chi connectivity index (χ1v) is 9.08. The minimum absolute atomic E-state index is 0.0114. The molecule has 2 aromatic carbocycles. The van der Waals surface area contributed by atoms with Crippen LogP contribution in [0.1, 0.15) is 41.7 Å². The first-order chi connectivity index (χ1) is 12.6. The zero-order valence-electron chi connectivity index (χ0n) is 15.1. The van der Waals surface area contributed by atoms with Crippen molar-refractivity contribution in [1.82, 2.24) is 10.2 Å². The highest BCUT2D eigenvalue weighted by atomic mass is 16.2. The highest BCUT2D eigenvalue weighted by Crippen LogP contribution is 2.24. The molecule has 2 amide bonds. The molecule has 1 aliphatic rings. The van der Waals surface area contributed by atoms with Crippen LogP contribution in [0.25, 0.3) is 0 Å². The number of likely N-dealkylation sites (tertiary alicyclic amines) is 1. The van der Waals surface area contributed by atoms with E-state index in [0.29, 0.717) is 17.8 Å². The van der Waals surface area contributed by atoms with Crippen molar-refractivity contribution in [1.29, 1.82) is 0 Å². The number of hydrogen-bond acceptors (Lipinski definition) is 3. The first kappa shape index (κ1) is 18.1. The van der Waals surface area contributed by atoms with Gasteiger partial charge in [-0.05, 0) is 62.7 Å². The fraction of sp³-hybridized carbons (Fsp3) is 0.333. The lowest BCUT2D eigenvalue weighted by atomic mass is 10.1. The summed E-state index contributed by atoms with van der Waals surface area (Å²) in [5, 5.41) is 5.81. The molecule has 2 aromatic rings. The number of Topliss-reactive ketones (excluding diaryl/α,β-unsaturated/α-hetero) is 1. The van der Waals surface area contributed by atoms with Gasteiger partial charge in [-0.3, -0.25) is 9.69 Å². The van der Waals surface area contributed by atoms with Crippen LogP contribution in [-0.4, -0.2) is 36.3 Å². The van der Waals surface area contributed by atoms with Gasteiger partial charge in [-0.2, -0.15) is 0 Å². The maximum atomic E-state index is 12.3. The van der Waals surface area contributed by atoms with E-state index in [9.17, 15) is 9.59 Å². The predicted octanol–water partition coefficient (Wildman–Crippen LogP) is 3.85. The van der Waals surface area contributed by atoms with Gasteiger partial charge in [0.05, 0.1) is 6.04 Å². The molecule has 0 radical (unpaired) electrons. The van der Waals surface area contributed by atoms with Crippen molar-refractivity contribution in [3.63, 3.8) is 0 Å². The fourth-order valence-electron chi connectivity index (χ4n) is 3.34. The molecule has 0 aliphatic carbocycles. The van der Waals surface area contributed by atoms with Crippen LogP contribution in [0.15, 0.2) is 54.6 Å². The average molecular weight is 351 g/mol. The maximum absolute atomic E-state index is 12.3. The van der Waals surface area contributed by atoms with Crippen LogP contribution in [0.4, 0.5) is 10.5 Å². The number of urea groups is 1. The highest BCUT2D eigenvalue weighted by Gasteiger charge is 2.23. The average Bonchev–Trinajstić information content (AvgIpc) is 3.17. The van der Waals surface area contributed by atoms with Crippen molar-refractivity contribution in [3.05, 3.63) is 65.7 Å². The number of anilines is 1. The second-order valence-corrected chi connectivity index (χ2v) is 6.64. The fourth-order valence-corrected chi connectivity index (χ4v) is 3.34. The van der Waals surface area contributed by atoms with Crippen LogP contribution in [0, 0.1) is 0 Å². The van der Waals surface area contributed by atoms with Gasteiger partial charge in [0.1, 0.15) is 0 Å². The van der Waals surface area contributed by atoms with E-state index in [1.807, 2.05) is 18.2 Å². The summed E-state index contributed by atoms with van der Waals surface area (Å²) in [6.07, 6.45) is 2.41. The Morgan fingerprint density at radius 3 is 2.27 bits per heavy atom. The van der Waals surface area contributed by atoms with E-state index in [1.54, 1.807) is 24.3 Å². The summed E-state index contributed by atoms with van der Waals surface area (Å²) in [6.45, 7) is 4.21. The lowest BCUT2D eigenvalue weighted by Gasteiger charge is -2.28. The Balaban J connectivity index is 1.59. The van der Waals surface area contributed by atoms with Gasteiger partial charge < -0.3 is 10.6 Å². The molecular weight excluding hydrogens is 326 g/mol. The largest absolute Gasteiger partial charge is 0.336 e. The van der Waals surface area contributed by atoms with E-state index in [0.717, 1.165) is 13.1 Å². The predicted molar refractivity (Wildman–Crippen MR) is 103 cm³/mol. The van der Waals surface area contributed by atoms with Crippen molar-refractivity contribution in [2.24, 2.45) is 0 Å². The standard InChI is InChI=1S/C21H25N3O2/c1-16(25)17-9-11-19(12-10-17)23-21(26)22-15-20(24-13-5-6-14-24)18-7-3-2-4-8-18/h2-4,7-12,20H,5-6,13-15H2,1H3,(H2,22,23,26). The van der Waals surface area contributed by atoms with E-state index in [1.165, 1.54) is 25.3 Å². The highest BCUT2D eigenvalue weighted by molar-refractivity contribution is 5.95. The van der Waals surface area contributed by atoms with Crippen molar-refractivity contribution in [2.75, 3.05) is 25.0 Å². The Kier molecular flexibility index (Phi) is 6.02. The molecule has 1 atom stereocenters. The summed E-state index contributed by atoms with van der Waals surface area (Å²) in [7, 11) is 0. The molecule has 0 bridgehead atoms. The van der Waals surface area contributed by atoms with Crippen LogP contribution >= 0.6 is 0 Å². The van der Waals surface area contributed by atoms with Crippen LogP contribution in [0.3, 0.4) is 0 Å². The van der Waals surface area contributed by atoms with Crippen molar-refractivity contribution >= 4 is 17.5 Å². The number of hydrogen-bond donors (Lipinski definition) is 2. The summed E-state index contributed by atoms with van der Waals surface area (Å²) < 4.78 is 0. The minimum Gasteiger partial charge on any atom is -0.336 e. The molecule has 3 rings (SSSR count). The van der Waals surface area contributed by atoms with Crippen LogP contribution in [0.5, 0.6) is 0 Å². The maximum Gasteiger partial charge on any atom is 0.319 e. The van der Waals surface area contributed by atoms with Gasteiger partial charge in [-0.1, -0.05) is 30.3 Å². The van der Waals surface area contributed by atoms with Gasteiger partial charge >= 0.3 is 6.03 Å². The Labute approximate surface area is 154 Å². The zero-order valence-corrected chi connectivity index (χ0v) is 15.1. The van der Waals surface area contributed by atoms with E-state index < -0.39 is 0 Å². The van der Waals surface area contributed by atoms with E-state index in [-0.39, 0.29) is 17.9 Å².